The summed E-state index contributed by atoms with van der Waals surface area (Å²) in [6, 6.07) is 2.20. The van der Waals surface area contributed by atoms with Crippen molar-refractivity contribution in [3.05, 3.63) is 24.1 Å². The molecule has 3 rings (SSSR count). The highest BCUT2D eigenvalue weighted by Gasteiger charge is 2.55. The lowest BCUT2D eigenvalue weighted by Gasteiger charge is -2.23. The molecule has 6 nitrogen and oxygen atoms in total. The molecule has 0 aromatic carbocycles. The second kappa shape index (κ2) is 4.98. The number of halogens is 1. The summed E-state index contributed by atoms with van der Waals surface area (Å²) in [6.45, 7) is 0.666. The number of pyridine rings is 1. The van der Waals surface area contributed by atoms with E-state index in [4.69, 9.17) is 0 Å². The van der Waals surface area contributed by atoms with Crippen molar-refractivity contribution in [2.45, 2.75) is 19.3 Å². The fourth-order valence-electron chi connectivity index (χ4n) is 3.43. The van der Waals surface area contributed by atoms with Crippen molar-refractivity contribution in [1.29, 1.82) is 0 Å². The van der Waals surface area contributed by atoms with Gasteiger partial charge in [-0.2, -0.15) is 0 Å². The molecule has 1 saturated carbocycles. The molecule has 2 atom stereocenters. The van der Waals surface area contributed by atoms with E-state index in [1.165, 1.54) is 17.0 Å². The lowest BCUT2D eigenvalue weighted by atomic mass is 9.81. The van der Waals surface area contributed by atoms with Gasteiger partial charge in [-0.15, -0.1) is 0 Å². The Morgan fingerprint density at radius 3 is 2.90 bits per heavy atom. The number of amides is 2. The van der Waals surface area contributed by atoms with E-state index in [-0.39, 0.29) is 24.3 Å². The van der Waals surface area contributed by atoms with Crippen molar-refractivity contribution in [2.75, 3.05) is 18.4 Å². The first-order chi connectivity index (χ1) is 10.0. The normalized spacial score (nSPS) is 27.5. The first-order valence-electron chi connectivity index (χ1n) is 6.92. The second-order valence-electron chi connectivity index (χ2n) is 5.72. The number of aliphatic carboxylic acids is 1. The summed E-state index contributed by atoms with van der Waals surface area (Å²) in [5.41, 5.74) is -0.798. The Morgan fingerprint density at radius 1 is 1.48 bits per heavy atom. The number of likely N-dealkylation sites (tertiary alicyclic amines) is 1. The molecular weight excluding hydrogens is 277 g/mol. The predicted molar refractivity (Wildman–Crippen MR) is 72.2 cm³/mol. The number of hydrogen-bond acceptors (Lipinski definition) is 3. The van der Waals surface area contributed by atoms with E-state index in [0.717, 1.165) is 19.0 Å². The molecule has 2 N–H and O–H groups in total. The molecule has 2 fully saturated rings. The summed E-state index contributed by atoms with van der Waals surface area (Å²) in [5.74, 6) is -1.03. The van der Waals surface area contributed by atoms with Crippen LogP contribution in [0, 0.1) is 17.2 Å². The lowest BCUT2D eigenvalue weighted by Crippen LogP contribution is -2.38. The fraction of sp³-hybridized carbons (Fsp3) is 0.500. The maximum absolute atomic E-state index is 12.8. The van der Waals surface area contributed by atoms with Crippen molar-refractivity contribution in [3.63, 3.8) is 0 Å². The molecule has 0 radical (unpaired) electrons. The predicted octanol–water partition coefficient (Wildman–Crippen LogP) is 1.94. The summed E-state index contributed by atoms with van der Waals surface area (Å²) in [4.78, 5) is 29.0. The molecular formula is C14H16FN3O3. The van der Waals surface area contributed by atoms with Gasteiger partial charge in [-0.3, -0.25) is 10.1 Å². The Labute approximate surface area is 121 Å². The van der Waals surface area contributed by atoms with Crippen LogP contribution in [0.1, 0.15) is 19.3 Å². The van der Waals surface area contributed by atoms with Crippen molar-refractivity contribution >= 4 is 17.8 Å². The number of carboxylic acids is 1. The van der Waals surface area contributed by atoms with Gasteiger partial charge in [0, 0.05) is 13.1 Å². The highest BCUT2D eigenvalue weighted by atomic mass is 19.1. The van der Waals surface area contributed by atoms with E-state index in [0.29, 0.717) is 13.0 Å². The highest BCUT2D eigenvalue weighted by molar-refractivity contribution is 5.89. The fourth-order valence-corrected chi connectivity index (χ4v) is 3.43. The number of carbonyl (C=O) groups excluding carboxylic acids is 1. The van der Waals surface area contributed by atoms with Crippen LogP contribution in [0.15, 0.2) is 18.3 Å². The average molecular weight is 293 g/mol. The third-order valence-corrected chi connectivity index (χ3v) is 4.55. The Balaban J connectivity index is 1.70. The van der Waals surface area contributed by atoms with Gasteiger partial charge in [0.15, 0.2) is 0 Å². The number of fused-ring (bicyclic) bond motifs is 1. The van der Waals surface area contributed by atoms with Crippen molar-refractivity contribution in [3.8, 4) is 0 Å². The van der Waals surface area contributed by atoms with E-state index in [1.807, 2.05) is 0 Å². The largest absolute Gasteiger partial charge is 0.481 e. The Kier molecular flexibility index (Phi) is 3.27. The van der Waals surface area contributed by atoms with Gasteiger partial charge in [0.05, 0.1) is 11.6 Å². The number of nitrogens with zero attached hydrogens (tertiary/aromatic N) is 2. The number of carbonyl (C=O) groups is 2. The number of urea groups is 1. The van der Waals surface area contributed by atoms with E-state index < -0.39 is 17.2 Å². The van der Waals surface area contributed by atoms with E-state index in [9.17, 15) is 19.1 Å². The number of carboxylic acid groups (broad SMARTS) is 1. The van der Waals surface area contributed by atoms with Crippen LogP contribution in [-0.4, -0.2) is 40.1 Å². The first kappa shape index (κ1) is 13.8. The molecule has 0 bridgehead atoms. The van der Waals surface area contributed by atoms with Gasteiger partial charge in [0.1, 0.15) is 11.6 Å². The van der Waals surface area contributed by atoms with Crippen molar-refractivity contribution in [1.82, 2.24) is 9.88 Å². The van der Waals surface area contributed by atoms with Crippen LogP contribution in [0.4, 0.5) is 15.0 Å². The molecule has 0 unspecified atom stereocenters. The van der Waals surface area contributed by atoms with E-state index >= 15 is 0 Å². The number of hydrogen-bond donors (Lipinski definition) is 2. The van der Waals surface area contributed by atoms with Crippen LogP contribution in [0.2, 0.25) is 0 Å². The van der Waals surface area contributed by atoms with Crippen LogP contribution in [0.3, 0.4) is 0 Å². The molecule has 1 aliphatic heterocycles. The first-order valence-corrected chi connectivity index (χ1v) is 6.92. The molecule has 2 amide bonds. The Bertz CT molecular complexity index is 577. The van der Waals surface area contributed by atoms with Crippen LogP contribution < -0.4 is 5.32 Å². The smallest absolute Gasteiger partial charge is 0.323 e. The number of aromatic nitrogens is 1. The van der Waals surface area contributed by atoms with Gasteiger partial charge >= 0.3 is 12.0 Å². The van der Waals surface area contributed by atoms with E-state index in [2.05, 4.69) is 10.3 Å². The molecule has 1 aromatic rings. The maximum Gasteiger partial charge on any atom is 0.323 e. The molecule has 2 aliphatic rings. The number of rotatable bonds is 2. The molecule has 2 heterocycles. The van der Waals surface area contributed by atoms with Crippen LogP contribution in [-0.2, 0) is 4.79 Å². The summed E-state index contributed by atoms with van der Waals surface area (Å²) in [7, 11) is 0. The van der Waals surface area contributed by atoms with Gasteiger partial charge in [-0.25, -0.2) is 14.2 Å². The van der Waals surface area contributed by atoms with Crippen LogP contribution >= 0.6 is 0 Å². The third-order valence-electron chi connectivity index (χ3n) is 4.55. The van der Waals surface area contributed by atoms with E-state index in [1.54, 1.807) is 0 Å². The molecule has 1 saturated heterocycles. The van der Waals surface area contributed by atoms with Gasteiger partial charge < -0.3 is 10.0 Å². The molecule has 0 spiro atoms. The molecule has 1 aromatic heterocycles. The standard InChI is InChI=1S/C14H16FN3O3/c15-10-3-4-11(16-6-10)17-13(21)18-7-9-2-1-5-14(9,8-18)12(19)20/h3-4,6,9H,1-2,5,7-8H2,(H,19,20)(H,16,17,21)/t9-,14+/m0/s1. The minimum atomic E-state index is -0.819. The van der Waals surface area contributed by atoms with Crippen LogP contribution in [0.5, 0.6) is 0 Å². The SMILES string of the molecule is O=C(Nc1ccc(F)cn1)N1C[C@@H]2CCC[C@@]2(C(=O)O)C1. The topological polar surface area (TPSA) is 82.5 Å². The van der Waals surface area contributed by atoms with Crippen LogP contribution in [0.25, 0.3) is 0 Å². The van der Waals surface area contributed by atoms with Gasteiger partial charge in [-0.1, -0.05) is 6.42 Å². The monoisotopic (exact) mass is 293 g/mol. The number of nitrogens with one attached hydrogen (secondary N) is 1. The number of anilines is 1. The summed E-state index contributed by atoms with van der Waals surface area (Å²) in [6.07, 6.45) is 3.37. The lowest BCUT2D eigenvalue weighted by molar-refractivity contribution is -0.149. The average Bonchev–Trinajstić information content (AvgIpc) is 2.99. The van der Waals surface area contributed by atoms with Gasteiger partial charge in [0.2, 0.25) is 0 Å². The zero-order valence-corrected chi connectivity index (χ0v) is 11.4. The van der Waals surface area contributed by atoms with Gasteiger partial charge in [0.25, 0.3) is 0 Å². The minimum absolute atomic E-state index is 0.0157. The minimum Gasteiger partial charge on any atom is -0.481 e. The molecule has 1 aliphatic carbocycles. The maximum atomic E-state index is 12.8. The molecule has 21 heavy (non-hydrogen) atoms. The summed E-state index contributed by atoms with van der Waals surface area (Å²) < 4.78 is 12.8. The highest BCUT2D eigenvalue weighted by Crippen LogP contribution is 2.48. The third kappa shape index (κ3) is 2.32. The molecule has 112 valence electrons. The Morgan fingerprint density at radius 2 is 2.29 bits per heavy atom. The zero-order chi connectivity index (χ0) is 15.0. The Hall–Kier alpha value is -2.18. The zero-order valence-electron chi connectivity index (χ0n) is 11.4. The summed E-state index contributed by atoms with van der Waals surface area (Å²) >= 11 is 0. The molecule has 7 heteroatoms. The van der Waals surface area contributed by atoms with Crippen molar-refractivity contribution in [2.24, 2.45) is 11.3 Å². The second-order valence-corrected chi connectivity index (χ2v) is 5.72. The quantitative estimate of drug-likeness (QED) is 0.873. The van der Waals surface area contributed by atoms with Gasteiger partial charge in [-0.05, 0) is 30.9 Å². The summed E-state index contributed by atoms with van der Waals surface area (Å²) in [5, 5.41) is 12.1. The van der Waals surface area contributed by atoms with Crippen molar-refractivity contribution < 1.29 is 19.1 Å².